The first kappa shape index (κ1) is 22.4. The molecule has 1 aliphatic rings. The van der Waals surface area contributed by atoms with Gasteiger partial charge in [-0.25, -0.2) is 0 Å². The van der Waals surface area contributed by atoms with Gasteiger partial charge < -0.3 is 24.8 Å². The van der Waals surface area contributed by atoms with Gasteiger partial charge in [-0.3, -0.25) is 0 Å². The zero-order valence-corrected chi connectivity index (χ0v) is 18.7. The summed E-state index contributed by atoms with van der Waals surface area (Å²) in [5.41, 5.74) is 4.04. The van der Waals surface area contributed by atoms with E-state index in [1.807, 2.05) is 5.20 Å². The molecular weight excluding hydrogens is 370 g/mol. The predicted molar refractivity (Wildman–Crippen MR) is 76.5 cm³/mol. The molecule has 0 fully saturated rings. The Kier molecular flexibility index (Phi) is 8.78. The Morgan fingerprint density at radius 1 is 0.842 bits per heavy atom. The normalized spacial score (nSPS) is 16.8. The van der Waals surface area contributed by atoms with Crippen LogP contribution in [0.15, 0.2) is 19.6 Å². The van der Waals surface area contributed by atoms with Crippen molar-refractivity contribution in [3.05, 3.63) is 19.6 Å². The van der Waals surface area contributed by atoms with Crippen LogP contribution in [-0.2, 0) is 24.7 Å². The maximum Gasteiger partial charge on any atom is -1.00 e. The summed E-state index contributed by atoms with van der Waals surface area (Å²) >= 11 is 1.62. The topological polar surface area (TPSA) is 0 Å². The summed E-state index contributed by atoms with van der Waals surface area (Å²) in [6, 6.07) is 0. The first-order valence-corrected chi connectivity index (χ1v) is 10.8. The summed E-state index contributed by atoms with van der Waals surface area (Å²) in [5.74, 6) is 0. The largest absolute Gasteiger partial charge is 1.00 e. The molecule has 0 saturated carbocycles. The molecule has 0 N–H and O–H groups in total. The summed E-state index contributed by atoms with van der Waals surface area (Å²) in [4.78, 5) is 0. The van der Waals surface area contributed by atoms with Crippen molar-refractivity contribution in [2.24, 2.45) is 10.8 Å². The zero-order chi connectivity index (χ0) is 13.6. The first-order valence-electron chi connectivity index (χ1n) is 6.65. The average Bonchev–Trinajstić information content (AvgIpc) is 2.40. The van der Waals surface area contributed by atoms with Gasteiger partial charge in [-0.1, -0.05) is 0 Å². The van der Waals surface area contributed by atoms with E-state index < -0.39 is 8.80 Å². The van der Waals surface area contributed by atoms with Gasteiger partial charge in [0.1, 0.15) is 0 Å². The van der Waals surface area contributed by atoms with Crippen molar-refractivity contribution < 1.29 is 49.5 Å². The molecule has 4 heteroatoms. The summed E-state index contributed by atoms with van der Waals surface area (Å²) in [5, 5.41) is 1.83. The SMILES string of the molecule is C[SiH](C)C1=C(C(C)(C)C)C(C(C)(C)C)=[C]([Zr+2])C1.[Cl-].[Cl-]. The second kappa shape index (κ2) is 7.43. The maximum absolute atomic E-state index is 2.48. The molecule has 0 aromatic heterocycles. The number of hydrogen-bond donors (Lipinski definition) is 0. The minimum absolute atomic E-state index is 0. The van der Waals surface area contributed by atoms with Crippen LogP contribution in [0, 0.1) is 10.8 Å². The fourth-order valence-electron chi connectivity index (χ4n) is 2.86. The van der Waals surface area contributed by atoms with Crippen LogP contribution in [-0.4, -0.2) is 8.80 Å². The Hall–Kier alpha value is 1.16. The van der Waals surface area contributed by atoms with Crippen LogP contribution in [0.25, 0.3) is 0 Å². The Labute approximate surface area is 149 Å². The van der Waals surface area contributed by atoms with Gasteiger partial charge in [0.25, 0.3) is 0 Å². The molecule has 0 aromatic rings. The molecule has 1 aliphatic carbocycles. The second-order valence-electron chi connectivity index (χ2n) is 7.59. The molecule has 0 atom stereocenters. The molecule has 0 heterocycles. The van der Waals surface area contributed by atoms with Crippen LogP contribution in [0.3, 0.4) is 0 Å². The molecule has 0 radical (unpaired) electrons. The van der Waals surface area contributed by atoms with E-state index in [1.54, 1.807) is 39.1 Å². The Morgan fingerprint density at radius 3 is 1.47 bits per heavy atom. The molecule has 0 bridgehead atoms. The van der Waals surface area contributed by atoms with Crippen LogP contribution < -0.4 is 24.8 Å². The molecule has 0 aromatic carbocycles. The standard InChI is InChI=1S/C15H27Si.2ClH.Zr/c1-14(2,3)11-9-10-12(16(7)8)13(11)15(4,5)6;;;/h16H,10H2,1-8H3;2*1H;/q;;;+2/p-2. The molecule has 0 unspecified atom stereocenters. The van der Waals surface area contributed by atoms with Crippen LogP contribution in [0.4, 0.5) is 0 Å². The quantitative estimate of drug-likeness (QED) is 0.478. The molecule has 0 saturated heterocycles. The summed E-state index contributed by atoms with van der Waals surface area (Å²) < 4.78 is 1.71. The van der Waals surface area contributed by atoms with Crippen LogP contribution in [0.2, 0.25) is 13.1 Å². The van der Waals surface area contributed by atoms with Crippen molar-refractivity contribution in [1.82, 2.24) is 0 Å². The van der Waals surface area contributed by atoms with Gasteiger partial charge in [0, 0.05) is 0 Å². The predicted octanol–water partition coefficient (Wildman–Crippen LogP) is -1.39. The number of allylic oxidation sites excluding steroid dienone is 4. The van der Waals surface area contributed by atoms with Gasteiger partial charge >= 0.3 is 125 Å². The van der Waals surface area contributed by atoms with E-state index in [1.165, 1.54) is 6.42 Å². The second-order valence-corrected chi connectivity index (χ2v) is 12.1. The molecule has 0 amide bonds. The minimum Gasteiger partial charge on any atom is -1.00 e. The van der Waals surface area contributed by atoms with Gasteiger partial charge in [0.2, 0.25) is 0 Å². The average molecular weight is 398 g/mol. The summed E-state index contributed by atoms with van der Waals surface area (Å²) in [7, 11) is -0.677. The number of halogens is 2. The van der Waals surface area contributed by atoms with E-state index in [4.69, 9.17) is 0 Å². The van der Waals surface area contributed by atoms with Crippen molar-refractivity contribution in [2.75, 3.05) is 0 Å². The van der Waals surface area contributed by atoms with Gasteiger partial charge in [0.05, 0.1) is 0 Å². The van der Waals surface area contributed by atoms with Gasteiger partial charge in [-0.2, -0.15) is 0 Å². The van der Waals surface area contributed by atoms with Gasteiger partial charge in [0.15, 0.2) is 0 Å². The maximum atomic E-state index is 2.48. The van der Waals surface area contributed by atoms with E-state index in [9.17, 15) is 0 Å². The van der Waals surface area contributed by atoms with Crippen LogP contribution in [0.5, 0.6) is 0 Å². The van der Waals surface area contributed by atoms with E-state index >= 15 is 0 Å². The van der Waals surface area contributed by atoms with Crippen molar-refractivity contribution in [3.8, 4) is 0 Å². The Morgan fingerprint density at radius 2 is 1.21 bits per heavy atom. The van der Waals surface area contributed by atoms with Crippen molar-refractivity contribution in [2.45, 2.75) is 61.1 Å². The fraction of sp³-hybridized carbons (Fsp3) is 0.733. The molecular formula is C15H27Cl2SiZr. The van der Waals surface area contributed by atoms with Crippen LogP contribution >= 0.6 is 0 Å². The molecule has 0 spiro atoms. The zero-order valence-electron chi connectivity index (χ0n) is 13.5. The third-order valence-corrected chi connectivity index (χ3v) is 6.37. The monoisotopic (exact) mass is 395 g/mol. The first-order chi connectivity index (χ1) is 7.46. The number of hydrogen-bond acceptors (Lipinski definition) is 0. The van der Waals surface area contributed by atoms with E-state index in [0.717, 1.165) is 0 Å². The Bertz CT molecular complexity index is 382. The van der Waals surface area contributed by atoms with Crippen molar-refractivity contribution in [3.63, 3.8) is 0 Å². The Balaban J connectivity index is 0. The third-order valence-electron chi connectivity index (χ3n) is 3.44. The van der Waals surface area contributed by atoms with Crippen molar-refractivity contribution >= 4 is 8.80 Å². The van der Waals surface area contributed by atoms with Gasteiger partial charge in [-0.15, -0.1) is 0 Å². The van der Waals surface area contributed by atoms with E-state index in [2.05, 4.69) is 54.6 Å². The third kappa shape index (κ3) is 5.13. The summed E-state index contributed by atoms with van der Waals surface area (Å²) in [6.07, 6.45) is 1.29. The molecule has 0 nitrogen and oxygen atoms in total. The van der Waals surface area contributed by atoms with E-state index in [0.29, 0.717) is 10.8 Å². The molecule has 0 aliphatic heterocycles. The smallest absolute Gasteiger partial charge is 1.00 e. The summed E-state index contributed by atoms with van der Waals surface area (Å²) in [6.45, 7) is 19.3. The minimum atomic E-state index is -0.677. The molecule has 1 rings (SSSR count). The van der Waals surface area contributed by atoms with Crippen molar-refractivity contribution in [1.29, 1.82) is 0 Å². The fourth-order valence-corrected chi connectivity index (χ4v) is 6.82. The van der Waals surface area contributed by atoms with Gasteiger partial charge in [-0.05, 0) is 0 Å². The van der Waals surface area contributed by atoms with Crippen LogP contribution in [0.1, 0.15) is 48.0 Å². The molecule has 109 valence electrons. The molecule has 19 heavy (non-hydrogen) atoms. The number of rotatable bonds is 1. The van der Waals surface area contributed by atoms with E-state index in [-0.39, 0.29) is 24.8 Å².